The van der Waals surface area contributed by atoms with Crippen LogP contribution in [0.4, 0.5) is 8.78 Å². The van der Waals surface area contributed by atoms with Crippen molar-refractivity contribution in [2.24, 2.45) is 5.73 Å². The number of carbonyl (C=O) groups is 2. The predicted octanol–water partition coefficient (Wildman–Crippen LogP) is 3.47. The van der Waals surface area contributed by atoms with Crippen molar-refractivity contribution >= 4 is 11.8 Å². The van der Waals surface area contributed by atoms with Crippen LogP contribution in [0.1, 0.15) is 33.6 Å². The van der Waals surface area contributed by atoms with Crippen molar-refractivity contribution in [1.29, 1.82) is 0 Å². The van der Waals surface area contributed by atoms with Crippen molar-refractivity contribution in [3.05, 3.63) is 95.1 Å². The van der Waals surface area contributed by atoms with Gasteiger partial charge < -0.3 is 20.5 Å². The average Bonchev–Trinajstić information content (AvgIpc) is 3.16. The third-order valence-electron chi connectivity index (χ3n) is 5.15. The summed E-state index contributed by atoms with van der Waals surface area (Å²) in [6.45, 7) is -0.217. The molecule has 0 saturated carbocycles. The van der Waals surface area contributed by atoms with E-state index in [4.69, 9.17) is 10.5 Å². The van der Waals surface area contributed by atoms with Gasteiger partial charge in [-0.1, -0.05) is 42.5 Å². The highest BCUT2D eigenvalue weighted by atomic mass is 19.1. The van der Waals surface area contributed by atoms with Gasteiger partial charge in [0.1, 0.15) is 24.2 Å². The van der Waals surface area contributed by atoms with E-state index in [1.807, 2.05) is 0 Å². The van der Waals surface area contributed by atoms with E-state index in [0.717, 1.165) is 11.0 Å². The lowest BCUT2D eigenvalue weighted by molar-refractivity contribution is -0.123. The Labute approximate surface area is 176 Å². The molecule has 31 heavy (non-hydrogen) atoms. The third-order valence-corrected chi connectivity index (χ3v) is 5.15. The second-order valence-electron chi connectivity index (χ2n) is 7.08. The first-order valence-corrected chi connectivity index (χ1v) is 9.45. The van der Waals surface area contributed by atoms with Crippen molar-refractivity contribution in [1.82, 2.24) is 4.90 Å². The van der Waals surface area contributed by atoms with Gasteiger partial charge in [-0.2, -0.15) is 0 Å². The molecule has 2 atom stereocenters. The summed E-state index contributed by atoms with van der Waals surface area (Å²) < 4.78 is 33.7. The van der Waals surface area contributed by atoms with Crippen LogP contribution in [0.5, 0.6) is 11.5 Å². The lowest BCUT2D eigenvalue weighted by Crippen LogP contribution is -2.44. The molecular weight excluding hydrogens is 406 g/mol. The smallest absolute Gasteiger partial charge is 0.259 e. The number of halogens is 2. The summed E-state index contributed by atoms with van der Waals surface area (Å²) in [6, 6.07) is 13.5. The predicted molar refractivity (Wildman–Crippen MR) is 107 cm³/mol. The maximum Gasteiger partial charge on any atom is 0.259 e. The van der Waals surface area contributed by atoms with Gasteiger partial charge in [0, 0.05) is 11.6 Å². The van der Waals surface area contributed by atoms with Gasteiger partial charge in [0.15, 0.2) is 11.6 Å². The number of phenolic OH excluding ortho intramolecular Hbond substituents is 1. The molecule has 3 aromatic carbocycles. The van der Waals surface area contributed by atoms with Crippen molar-refractivity contribution in [3.63, 3.8) is 0 Å². The Morgan fingerprint density at radius 1 is 1.06 bits per heavy atom. The van der Waals surface area contributed by atoms with Crippen LogP contribution in [0.3, 0.4) is 0 Å². The molecule has 1 aliphatic heterocycles. The molecule has 8 heteroatoms. The van der Waals surface area contributed by atoms with E-state index < -0.39 is 35.5 Å². The van der Waals surface area contributed by atoms with Gasteiger partial charge in [-0.15, -0.1) is 0 Å². The van der Waals surface area contributed by atoms with Gasteiger partial charge in [-0.3, -0.25) is 9.59 Å². The largest absolute Gasteiger partial charge is 0.507 e. The van der Waals surface area contributed by atoms with Crippen molar-refractivity contribution in [3.8, 4) is 11.5 Å². The lowest BCUT2D eigenvalue weighted by Gasteiger charge is -2.34. The summed E-state index contributed by atoms with van der Waals surface area (Å²) in [4.78, 5) is 27.2. The number of phenols is 1. The average molecular weight is 424 g/mol. The summed E-state index contributed by atoms with van der Waals surface area (Å²) in [5, 5.41) is 10.2. The van der Waals surface area contributed by atoms with Gasteiger partial charge in [0.25, 0.3) is 5.91 Å². The molecule has 1 unspecified atom stereocenters. The van der Waals surface area contributed by atoms with Crippen LogP contribution in [0.25, 0.3) is 0 Å². The Hall–Kier alpha value is -3.94. The molecule has 0 saturated heterocycles. The first kappa shape index (κ1) is 20.3. The van der Waals surface area contributed by atoms with E-state index in [1.54, 1.807) is 36.4 Å². The normalized spacial score (nSPS) is 15.6. The molecular formula is C23H18F2N2O4. The first-order valence-electron chi connectivity index (χ1n) is 9.45. The topological polar surface area (TPSA) is 92.9 Å². The number of nitrogens with zero attached hydrogens (tertiary/aromatic N) is 1. The van der Waals surface area contributed by atoms with E-state index >= 15 is 0 Å². The molecule has 3 N–H and O–H groups in total. The molecule has 3 aromatic rings. The monoisotopic (exact) mass is 424 g/mol. The summed E-state index contributed by atoms with van der Waals surface area (Å²) in [6.07, 6.45) is 0. The van der Waals surface area contributed by atoms with E-state index in [9.17, 15) is 23.5 Å². The number of primary amides is 1. The van der Waals surface area contributed by atoms with Crippen LogP contribution in [-0.4, -0.2) is 28.4 Å². The molecule has 2 amide bonds. The number of carbonyl (C=O) groups excluding carboxylic acids is 2. The molecule has 0 radical (unpaired) electrons. The van der Waals surface area contributed by atoms with Crippen LogP contribution < -0.4 is 10.5 Å². The van der Waals surface area contributed by atoms with Crippen molar-refractivity contribution in [2.45, 2.75) is 12.1 Å². The highest BCUT2D eigenvalue weighted by Gasteiger charge is 2.42. The van der Waals surface area contributed by atoms with Crippen LogP contribution in [-0.2, 0) is 4.79 Å². The molecule has 6 nitrogen and oxygen atoms in total. The number of rotatable bonds is 5. The van der Waals surface area contributed by atoms with Gasteiger partial charge in [0.2, 0.25) is 5.91 Å². The zero-order chi connectivity index (χ0) is 22.1. The third kappa shape index (κ3) is 3.68. The van der Waals surface area contributed by atoms with Crippen molar-refractivity contribution in [2.75, 3.05) is 6.61 Å². The Kier molecular flexibility index (Phi) is 5.29. The second-order valence-corrected chi connectivity index (χ2v) is 7.08. The number of hydrogen-bond acceptors (Lipinski definition) is 4. The van der Waals surface area contributed by atoms with Crippen molar-refractivity contribution < 1.29 is 28.2 Å². The number of amides is 2. The van der Waals surface area contributed by atoms with Gasteiger partial charge >= 0.3 is 0 Å². The van der Waals surface area contributed by atoms with Crippen LogP contribution >= 0.6 is 0 Å². The second kappa shape index (κ2) is 8.06. The lowest BCUT2D eigenvalue weighted by atomic mass is 9.97. The van der Waals surface area contributed by atoms with Gasteiger partial charge in [-0.05, 0) is 23.8 Å². The number of para-hydroxylation sites is 1. The maximum atomic E-state index is 14.3. The molecule has 4 rings (SSSR count). The fraction of sp³-hybridized carbons (Fsp3) is 0.130. The highest BCUT2D eigenvalue weighted by Crippen LogP contribution is 2.43. The number of fused-ring (bicyclic) bond motifs is 1. The summed E-state index contributed by atoms with van der Waals surface area (Å²) in [5.74, 6) is -3.85. The summed E-state index contributed by atoms with van der Waals surface area (Å²) in [5.41, 5.74) is 6.08. The summed E-state index contributed by atoms with van der Waals surface area (Å²) in [7, 11) is 0. The first-order chi connectivity index (χ1) is 14.9. The molecule has 0 bridgehead atoms. The zero-order valence-electron chi connectivity index (χ0n) is 16.2. The number of aromatic hydroxyl groups is 1. The number of benzene rings is 3. The fourth-order valence-corrected chi connectivity index (χ4v) is 3.79. The number of nitrogens with two attached hydrogens (primary N) is 1. The van der Waals surface area contributed by atoms with Crippen LogP contribution in [0.2, 0.25) is 0 Å². The molecule has 1 heterocycles. The highest BCUT2D eigenvalue weighted by molar-refractivity contribution is 6.00. The standard InChI is InChI=1S/C23H18F2N2O4/c24-14-10-16-18(12-31-21(16)17(25)11-14)27(23(30)15-8-4-5-9-19(15)28)20(22(26)29)13-6-2-1-3-7-13/h1-11,18,20,28H,12H2,(H2,26,29)/t18-,20?/m1/s1. The van der Waals surface area contributed by atoms with Gasteiger partial charge in [0.05, 0.1) is 11.6 Å². The SMILES string of the molecule is NC(=O)C(c1ccccc1)N(C(=O)c1ccccc1O)[C@@H]1COc2c(F)cc(F)cc21. The summed E-state index contributed by atoms with van der Waals surface area (Å²) >= 11 is 0. The zero-order valence-corrected chi connectivity index (χ0v) is 16.2. The van der Waals surface area contributed by atoms with Gasteiger partial charge in [-0.25, -0.2) is 8.78 Å². The number of ether oxygens (including phenoxy) is 1. The Morgan fingerprint density at radius 2 is 1.74 bits per heavy atom. The molecule has 0 fully saturated rings. The minimum atomic E-state index is -1.28. The fourth-order valence-electron chi connectivity index (χ4n) is 3.79. The quantitative estimate of drug-likeness (QED) is 0.656. The van der Waals surface area contributed by atoms with Crippen LogP contribution in [0, 0.1) is 11.6 Å². The maximum absolute atomic E-state index is 14.3. The number of hydrogen-bond donors (Lipinski definition) is 2. The van der Waals surface area contributed by atoms with E-state index in [2.05, 4.69) is 0 Å². The molecule has 158 valence electrons. The minimum absolute atomic E-state index is 0.0726. The van der Waals surface area contributed by atoms with E-state index in [0.29, 0.717) is 11.6 Å². The Balaban J connectivity index is 1.90. The van der Waals surface area contributed by atoms with Crippen LogP contribution in [0.15, 0.2) is 66.7 Å². The minimum Gasteiger partial charge on any atom is -0.507 e. The molecule has 0 aliphatic carbocycles. The molecule has 1 aliphatic rings. The molecule has 0 aromatic heterocycles. The Morgan fingerprint density at radius 3 is 2.42 bits per heavy atom. The van der Waals surface area contributed by atoms with E-state index in [-0.39, 0.29) is 29.2 Å². The Bertz CT molecular complexity index is 1150. The van der Waals surface area contributed by atoms with E-state index in [1.165, 1.54) is 18.2 Å². The molecule has 0 spiro atoms.